The van der Waals surface area contributed by atoms with E-state index >= 15 is 0 Å². The van der Waals surface area contributed by atoms with E-state index < -0.39 is 5.63 Å². The van der Waals surface area contributed by atoms with Gasteiger partial charge in [0.25, 0.3) is 11.8 Å². The van der Waals surface area contributed by atoms with Gasteiger partial charge < -0.3 is 14.6 Å². The monoisotopic (exact) mass is 411 g/mol. The van der Waals surface area contributed by atoms with Crippen molar-refractivity contribution in [2.45, 2.75) is 0 Å². The van der Waals surface area contributed by atoms with Crippen LogP contribution < -0.4 is 10.9 Å². The first-order valence-electron chi connectivity index (χ1n) is 9.47. The number of piperazine rings is 1. The fourth-order valence-electron chi connectivity index (χ4n) is 3.38. The van der Waals surface area contributed by atoms with E-state index in [-0.39, 0.29) is 17.4 Å². The Morgan fingerprint density at radius 3 is 2.66 bits per heavy atom. The summed E-state index contributed by atoms with van der Waals surface area (Å²) in [4.78, 5) is 40.9. The van der Waals surface area contributed by atoms with E-state index in [0.717, 1.165) is 11.9 Å². The lowest BCUT2D eigenvalue weighted by molar-refractivity contribution is 0.0634. The van der Waals surface area contributed by atoms with Crippen LogP contribution in [0.1, 0.15) is 20.7 Å². The zero-order valence-electron chi connectivity index (χ0n) is 15.8. The van der Waals surface area contributed by atoms with Crippen LogP contribution in [-0.4, -0.2) is 60.9 Å². The third-order valence-electron chi connectivity index (χ3n) is 5.03. The Balaban J connectivity index is 1.30. The van der Waals surface area contributed by atoms with E-state index in [0.29, 0.717) is 43.9 Å². The third kappa shape index (κ3) is 4.38. The van der Waals surface area contributed by atoms with Gasteiger partial charge in [-0.25, -0.2) is 4.79 Å². The molecule has 0 atom stereocenters. The molecule has 1 aliphatic rings. The van der Waals surface area contributed by atoms with E-state index in [2.05, 4.69) is 10.2 Å². The van der Waals surface area contributed by atoms with Crippen molar-refractivity contribution in [3.8, 4) is 0 Å². The van der Waals surface area contributed by atoms with Crippen molar-refractivity contribution in [2.75, 3.05) is 39.3 Å². The topological polar surface area (TPSA) is 82.9 Å². The predicted molar refractivity (Wildman–Crippen MR) is 111 cm³/mol. The standard InChI is InChI=1S/C21H21N3O4S/c25-19(16-5-12-29-14-16)22-6-7-23-8-10-24(11-9-23)20(26)17-13-15-3-1-2-4-18(15)28-21(17)27/h1-5,12-14H,6-11H2,(H,22,25). The molecule has 1 N–H and O–H groups in total. The number of rotatable bonds is 5. The first kappa shape index (κ1) is 19.4. The molecule has 3 heterocycles. The molecule has 7 nitrogen and oxygen atoms in total. The molecule has 1 aromatic carbocycles. The molecule has 0 spiro atoms. The van der Waals surface area contributed by atoms with Crippen molar-refractivity contribution >= 4 is 34.1 Å². The molecule has 8 heteroatoms. The van der Waals surface area contributed by atoms with E-state index in [1.54, 1.807) is 29.2 Å². The fourth-order valence-corrected chi connectivity index (χ4v) is 4.02. The average Bonchev–Trinajstić information content (AvgIpc) is 3.28. The summed E-state index contributed by atoms with van der Waals surface area (Å²) in [6, 6.07) is 10.6. The number of amides is 2. The van der Waals surface area contributed by atoms with Crippen molar-refractivity contribution in [2.24, 2.45) is 0 Å². The summed E-state index contributed by atoms with van der Waals surface area (Å²) in [5, 5.41) is 7.34. The van der Waals surface area contributed by atoms with Crippen molar-refractivity contribution in [1.82, 2.24) is 15.1 Å². The lowest BCUT2D eigenvalue weighted by Crippen LogP contribution is -2.50. The summed E-state index contributed by atoms with van der Waals surface area (Å²) in [5.41, 5.74) is 0.621. The molecule has 2 aromatic heterocycles. The van der Waals surface area contributed by atoms with Gasteiger partial charge in [0.1, 0.15) is 11.1 Å². The number of fused-ring (bicyclic) bond motifs is 1. The second kappa shape index (κ2) is 8.59. The lowest BCUT2D eigenvalue weighted by atomic mass is 10.1. The number of para-hydroxylation sites is 1. The van der Waals surface area contributed by atoms with Gasteiger partial charge in [0.05, 0.1) is 0 Å². The van der Waals surface area contributed by atoms with Gasteiger partial charge in [-0.15, -0.1) is 0 Å². The number of benzene rings is 1. The second-order valence-corrected chi connectivity index (χ2v) is 7.67. The van der Waals surface area contributed by atoms with Crippen LogP contribution in [0.25, 0.3) is 11.0 Å². The van der Waals surface area contributed by atoms with Gasteiger partial charge in [0.15, 0.2) is 0 Å². The smallest absolute Gasteiger partial charge is 0.349 e. The third-order valence-corrected chi connectivity index (χ3v) is 5.71. The summed E-state index contributed by atoms with van der Waals surface area (Å²) in [6.45, 7) is 3.72. The largest absolute Gasteiger partial charge is 0.422 e. The molecule has 0 radical (unpaired) electrons. The average molecular weight is 411 g/mol. The molecular weight excluding hydrogens is 390 g/mol. The van der Waals surface area contributed by atoms with Crippen LogP contribution in [0.3, 0.4) is 0 Å². The second-order valence-electron chi connectivity index (χ2n) is 6.89. The van der Waals surface area contributed by atoms with Crippen LogP contribution >= 0.6 is 11.3 Å². The Morgan fingerprint density at radius 1 is 1.10 bits per heavy atom. The van der Waals surface area contributed by atoms with Crippen LogP contribution in [0.2, 0.25) is 0 Å². The molecule has 0 aliphatic carbocycles. The number of nitrogens with one attached hydrogen (secondary N) is 1. The molecule has 0 unspecified atom stereocenters. The summed E-state index contributed by atoms with van der Waals surface area (Å²) >= 11 is 1.49. The Hall–Kier alpha value is -2.97. The minimum atomic E-state index is -0.604. The van der Waals surface area contributed by atoms with E-state index in [9.17, 15) is 14.4 Å². The summed E-state index contributed by atoms with van der Waals surface area (Å²) in [7, 11) is 0. The number of hydrogen-bond donors (Lipinski definition) is 1. The highest BCUT2D eigenvalue weighted by Gasteiger charge is 2.24. The van der Waals surface area contributed by atoms with Crippen LogP contribution in [0.5, 0.6) is 0 Å². The molecular formula is C21H21N3O4S. The van der Waals surface area contributed by atoms with Crippen LogP contribution in [0, 0.1) is 0 Å². The van der Waals surface area contributed by atoms with Crippen LogP contribution in [-0.2, 0) is 0 Å². The zero-order valence-corrected chi connectivity index (χ0v) is 16.6. The molecule has 4 rings (SSSR count). The van der Waals surface area contributed by atoms with Crippen molar-refractivity contribution < 1.29 is 14.0 Å². The van der Waals surface area contributed by atoms with Gasteiger partial charge in [-0.05, 0) is 23.6 Å². The molecule has 29 heavy (non-hydrogen) atoms. The van der Waals surface area contributed by atoms with Crippen LogP contribution in [0.15, 0.2) is 56.4 Å². The van der Waals surface area contributed by atoms with E-state index in [1.165, 1.54) is 11.3 Å². The van der Waals surface area contributed by atoms with Gasteiger partial charge >= 0.3 is 5.63 Å². The fraction of sp³-hybridized carbons (Fsp3) is 0.286. The summed E-state index contributed by atoms with van der Waals surface area (Å²) in [5.74, 6) is -0.363. The molecule has 0 bridgehead atoms. The summed E-state index contributed by atoms with van der Waals surface area (Å²) < 4.78 is 5.28. The highest BCUT2D eigenvalue weighted by Crippen LogP contribution is 2.14. The SMILES string of the molecule is O=C(NCCN1CCN(C(=O)c2cc3ccccc3oc2=O)CC1)c1ccsc1. The Morgan fingerprint density at radius 2 is 1.90 bits per heavy atom. The van der Waals surface area contributed by atoms with Crippen LogP contribution in [0.4, 0.5) is 0 Å². The van der Waals surface area contributed by atoms with Crippen molar-refractivity contribution in [3.63, 3.8) is 0 Å². The highest BCUT2D eigenvalue weighted by molar-refractivity contribution is 7.08. The Labute approximate surface area is 171 Å². The van der Waals surface area contributed by atoms with Crippen molar-refractivity contribution in [3.05, 3.63) is 68.7 Å². The molecule has 1 fully saturated rings. The zero-order chi connectivity index (χ0) is 20.2. The molecule has 3 aromatic rings. The quantitative estimate of drug-likeness (QED) is 0.650. The first-order chi connectivity index (χ1) is 14.1. The highest BCUT2D eigenvalue weighted by atomic mass is 32.1. The number of hydrogen-bond acceptors (Lipinski definition) is 6. The maximum Gasteiger partial charge on any atom is 0.349 e. The van der Waals surface area contributed by atoms with Gasteiger partial charge in [-0.2, -0.15) is 11.3 Å². The minimum Gasteiger partial charge on any atom is -0.422 e. The molecule has 2 amide bonds. The number of carbonyl (C=O) groups is 2. The normalized spacial score (nSPS) is 14.8. The number of carbonyl (C=O) groups excluding carboxylic acids is 2. The van der Waals surface area contributed by atoms with Gasteiger partial charge in [-0.1, -0.05) is 18.2 Å². The predicted octanol–water partition coefficient (Wildman–Crippen LogP) is 2.04. The minimum absolute atomic E-state index is 0.0666. The van der Waals surface area contributed by atoms with Gasteiger partial charge in [-0.3, -0.25) is 14.5 Å². The Bertz CT molecular complexity index is 1070. The van der Waals surface area contributed by atoms with Crippen molar-refractivity contribution in [1.29, 1.82) is 0 Å². The maximum atomic E-state index is 12.8. The van der Waals surface area contributed by atoms with Gasteiger partial charge in [0.2, 0.25) is 0 Å². The molecule has 1 aliphatic heterocycles. The first-order valence-corrected chi connectivity index (χ1v) is 10.4. The number of nitrogens with zero attached hydrogens (tertiary/aromatic N) is 2. The summed E-state index contributed by atoms with van der Waals surface area (Å²) in [6.07, 6.45) is 0. The Kier molecular flexibility index (Phi) is 5.73. The lowest BCUT2D eigenvalue weighted by Gasteiger charge is -2.34. The molecule has 1 saturated heterocycles. The molecule has 0 saturated carbocycles. The van der Waals surface area contributed by atoms with E-state index in [1.807, 2.05) is 22.9 Å². The van der Waals surface area contributed by atoms with Gasteiger partial charge in [0, 0.05) is 55.6 Å². The molecule has 150 valence electrons. The maximum absolute atomic E-state index is 12.8. The van der Waals surface area contributed by atoms with E-state index in [4.69, 9.17) is 4.42 Å². The number of thiophene rings is 1.